The van der Waals surface area contributed by atoms with Crippen LogP contribution >= 0.6 is 23.6 Å². The zero-order valence-electron chi connectivity index (χ0n) is 15.6. The van der Waals surface area contributed by atoms with Crippen molar-refractivity contribution in [2.45, 2.75) is 19.0 Å². The third kappa shape index (κ3) is 3.31. The first-order valence-electron chi connectivity index (χ1n) is 8.88. The molecule has 2 aromatic heterocycles. The Balaban J connectivity index is 1.79. The Morgan fingerprint density at radius 3 is 2.48 bits per heavy atom. The molecule has 0 amide bonds. The number of aryl methyl sites for hydroxylation is 1. The number of benzene rings is 1. The molecule has 0 bridgehead atoms. The highest BCUT2D eigenvalue weighted by Crippen LogP contribution is 2.44. The molecule has 1 aromatic carbocycles. The van der Waals surface area contributed by atoms with E-state index in [0.717, 1.165) is 16.5 Å². The Morgan fingerprint density at radius 1 is 1.11 bits per heavy atom. The maximum absolute atomic E-state index is 5.76. The number of hydrogen-bond donors (Lipinski definition) is 1. The molecule has 1 aliphatic heterocycles. The molecule has 1 aliphatic rings. The Labute approximate surface area is 169 Å². The summed E-state index contributed by atoms with van der Waals surface area (Å²) in [4.78, 5) is 10.2. The number of nitrogens with one attached hydrogen (secondary N) is 1. The first-order chi connectivity index (χ1) is 13.1. The van der Waals surface area contributed by atoms with Gasteiger partial charge in [0.25, 0.3) is 0 Å². The lowest BCUT2D eigenvalue weighted by Gasteiger charge is -2.28. The van der Waals surface area contributed by atoms with Gasteiger partial charge in [0.1, 0.15) is 0 Å². The lowest BCUT2D eigenvalue weighted by Crippen LogP contribution is -2.29. The molecular weight excluding hydrogens is 372 g/mol. The number of hydrogen-bond acceptors (Lipinski definition) is 4. The number of nitrogens with zero attached hydrogens (tertiary/aromatic N) is 3. The van der Waals surface area contributed by atoms with Gasteiger partial charge < -0.3 is 15.1 Å². The second-order valence-corrected chi connectivity index (χ2v) is 8.21. The minimum Gasteiger partial charge on any atom is -0.378 e. The summed E-state index contributed by atoms with van der Waals surface area (Å²) < 4.78 is 0. The van der Waals surface area contributed by atoms with Gasteiger partial charge in [-0.05, 0) is 72.5 Å². The molecule has 138 valence electrons. The molecule has 1 fully saturated rings. The van der Waals surface area contributed by atoms with Crippen molar-refractivity contribution in [2.75, 3.05) is 23.9 Å². The predicted molar refractivity (Wildman–Crippen MR) is 118 cm³/mol. The average Bonchev–Trinajstić information content (AvgIpc) is 3.25. The highest BCUT2D eigenvalue weighted by atomic mass is 32.1. The molecule has 0 saturated carbocycles. The highest BCUT2D eigenvalue weighted by Gasteiger charge is 2.41. The van der Waals surface area contributed by atoms with E-state index in [4.69, 9.17) is 12.2 Å². The van der Waals surface area contributed by atoms with Crippen LogP contribution in [0.5, 0.6) is 0 Å². The molecule has 1 N–H and O–H groups in total. The number of pyridine rings is 1. The van der Waals surface area contributed by atoms with E-state index in [1.807, 2.05) is 32.4 Å². The van der Waals surface area contributed by atoms with Gasteiger partial charge in [0.2, 0.25) is 0 Å². The van der Waals surface area contributed by atoms with Crippen LogP contribution in [0.25, 0.3) is 0 Å². The molecule has 4 rings (SSSR count). The molecule has 0 aliphatic carbocycles. The van der Waals surface area contributed by atoms with Crippen molar-refractivity contribution in [2.24, 2.45) is 0 Å². The zero-order chi connectivity index (χ0) is 19.0. The lowest BCUT2D eigenvalue weighted by atomic mass is 10.0. The van der Waals surface area contributed by atoms with Crippen molar-refractivity contribution in [3.8, 4) is 0 Å². The molecular formula is C21H22N4S2. The zero-order valence-corrected chi connectivity index (χ0v) is 17.2. The van der Waals surface area contributed by atoms with Crippen LogP contribution < -0.4 is 15.1 Å². The molecule has 2 atom stereocenters. The number of aromatic nitrogens is 1. The maximum atomic E-state index is 5.76. The second kappa shape index (κ2) is 7.29. The van der Waals surface area contributed by atoms with Gasteiger partial charge in [-0.2, -0.15) is 0 Å². The number of thiophene rings is 1. The van der Waals surface area contributed by atoms with E-state index in [1.165, 1.54) is 16.1 Å². The summed E-state index contributed by atoms with van der Waals surface area (Å²) in [5.41, 5.74) is 4.55. The Hall–Kier alpha value is -2.44. The van der Waals surface area contributed by atoms with Gasteiger partial charge in [0.15, 0.2) is 5.11 Å². The van der Waals surface area contributed by atoms with Crippen LogP contribution in [0.15, 0.2) is 60.1 Å². The molecule has 4 nitrogen and oxygen atoms in total. The fourth-order valence-corrected chi connectivity index (χ4v) is 4.90. The van der Waals surface area contributed by atoms with Crippen molar-refractivity contribution in [3.05, 3.63) is 76.2 Å². The van der Waals surface area contributed by atoms with Gasteiger partial charge in [-0.1, -0.05) is 6.07 Å². The summed E-state index contributed by atoms with van der Waals surface area (Å²) in [7, 11) is 4.10. The molecule has 0 spiro atoms. The van der Waals surface area contributed by atoms with Gasteiger partial charge >= 0.3 is 0 Å². The smallest absolute Gasteiger partial charge is 0.174 e. The summed E-state index contributed by atoms with van der Waals surface area (Å²) in [5.74, 6) is 0. The van der Waals surface area contributed by atoms with E-state index in [2.05, 4.69) is 68.8 Å². The van der Waals surface area contributed by atoms with Gasteiger partial charge in [0.05, 0.1) is 17.8 Å². The van der Waals surface area contributed by atoms with E-state index < -0.39 is 0 Å². The number of rotatable bonds is 4. The minimum atomic E-state index is 0.0181. The first-order valence-corrected chi connectivity index (χ1v) is 10.2. The summed E-state index contributed by atoms with van der Waals surface area (Å²) in [6, 6.07) is 16.8. The van der Waals surface area contributed by atoms with Crippen molar-refractivity contribution < 1.29 is 0 Å². The number of anilines is 2. The van der Waals surface area contributed by atoms with Gasteiger partial charge in [-0.15, -0.1) is 11.3 Å². The molecule has 27 heavy (non-hydrogen) atoms. The summed E-state index contributed by atoms with van der Waals surface area (Å²) in [6.45, 7) is 2.16. The maximum Gasteiger partial charge on any atom is 0.174 e. The Morgan fingerprint density at radius 2 is 1.89 bits per heavy atom. The van der Waals surface area contributed by atoms with Gasteiger partial charge in [0, 0.05) is 36.5 Å². The minimum absolute atomic E-state index is 0.0181. The highest BCUT2D eigenvalue weighted by molar-refractivity contribution is 7.80. The van der Waals surface area contributed by atoms with Crippen molar-refractivity contribution in [1.29, 1.82) is 0 Å². The van der Waals surface area contributed by atoms with E-state index in [9.17, 15) is 0 Å². The van der Waals surface area contributed by atoms with Crippen LogP contribution in [0.3, 0.4) is 0 Å². The monoisotopic (exact) mass is 394 g/mol. The quantitative estimate of drug-likeness (QED) is 0.649. The summed E-state index contributed by atoms with van der Waals surface area (Å²) >= 11 is 7.54. The fraction of sp³-hybridized carbons (Fsp3) is 0.238. The van der Waals surface area contributed by atoms with Crippen LogP contribution in [-0.2, 0) is 0 Å². The molecule has 3 heterocycles. The van der Waals surface area contributed by atoms with Crippen molar-refractivity contribution in [1.82, 2.24) is 10.3 Å². The standard InChI is InChI=1S/C21H22N4S2/c1-14-11-13-27-20(14)19-18(17-6-4-5-12-22-17)23-21(26)25(19)16-9-7-15(8-10-16)24(2)3/h4-13,18-19H,1-3H3,(H,23,26)/t18-,19+/m0/s1. The van der Waals surface area contributed by atoms with Crippen LogP contribution in [0.2, 0.25) is 0 Å². The third-order valence-corrected chi connectivity index (χ3v) is 6.32. The van der Waals surface area contributed by atoms with Crippen LogP contribution in [-0.4, -0.2) is 24.2 Å². The second-order valence-electron chi connectivity index (χ2n) is 6.88. The average molecular weight is 395 g/mol. The molecule has 0 unspecified atom stereocenters. The fourth-order valence-electron chi connectivity index (χ4n) is 3.50. The molecule has 1 saturated heterocycles. The molecule has 6 heteroatoms. The van der Waals surface area contributed by atoms with Crippen LogP contribution in [0, 0.1) is 6.92 Å². The lowest BCUT2D eigenvalue weighted by molar-refractivity contribution is 0.573. The SMILES string of the molecule is Cc1ccsc1[C@H]1[C@H](c2ccccn2)NC(=S)N1c1ccc(N(C)C)cc1. The largest absolute Gasteiger partial charge is 0.378 e. The number of thiocarbonyl (C=S) groups is 1. The van der Waals surface area contributed by atoms with E-state index in [-0.39, 0.29) is 12.1 Å². The van der Waals surface area contributed by atoms with Gasteiger partial charge in [-0.25, -0.2) is 0 Å². The summed E-state index contributed by atoms with van der Waals surface area (Å²) in [5, 5.41) is 6.40. The van der Waals surface area contributed by atoms with Crippen molar-refractivity contribution >= 4 is 40.0 Å². The van der Waals surface area contributed by atoms with Crippen LogP contribution in [0.4, 0.5) is 11.4 Å². The molecule has 0 radical (unpaired) electrons. The summed E-state index contributed by atoms with van der Waals surface area (Å²) in [6.07, 6.45) is 1.84. The Kier molecular flexibility index (Phi) is 4.85. The van der Waals surface area contributed by atoms with Crippen LogP contribution in [0.1, 0.15) is 28.2 Å². The van der Waals surface area contributed by atoms with E-state index >= 15 is 0 Å². The normalized spacial score (nSPS) is 19.2. The van der Waals surface area contributed by atoms with Crippen molar-refractivity contribution in [3.63, 3.8) is 0 Å². The molecule has 3 aromatic rings. The Bertz CT molecular complexity index is 934. The van der Waals surface area contributed by atoms with E-state index in [1.54, 1.807) is 11.3 Å². The van der Waals surface area contributed by atoms with E-state index in [0.29, 0.717) is 0 Å². The third-order valence-electron chi connectivity index (χ3n) is 4.91. The topological polar surface area (TPSA) is 31.4 Å². The predicted octanol–water partition coefficient (Wildman–Crippen LogP) is 4.69. The first kappa shape index (κ1) is 17.9. The van der Waals surface area contributed by atoms with Gasteiger partial charge in [-0.3, -0.25) is 4.98 Å².